The molecular weight excluding hydrogens is 317 g/mol. The largest absolute Gasteiger partial charge is 0.273 e. The van der Waals surface area contributed by atoms with Gasteiger partial charge in [0, 0.05) is 0 Å². The van der Waals surface area contributed by atoms with Crippen molar-refractivity contribution in [1.82, 2.24) is 4.72 Å². The van der Waals surface area contributed by atoms with Gasteiger partial charge >= 0.3 is 0 Å². The highest BCUT2D eigenvalue weighted by Crippen LogP contribution is 2.60. The summed E-state index contributed by atoms with van der Waals surface area (Å²) in [6.45, 7) is 0. The molecule has 0 saturated heterocycles. The average molecular weight is 337 g/mol. The van der Waals surface area contributed by atoms with Crippen LogP contribution in [0.1, 0.15) is 38.5 Å². The highest BCUT2D eigenvalue weighted by molar-refractivity contribution is 7.90. The van der Waals surface area contributed by atoms with Gasteiger partial charge in [-0.05, 0) is 80.5 Å². The Morgan fingerprint density at radius 1 is 1.00 bits per heavy atom. The molecule has 1 N–H and O–H groups in total. The predicted molar refractivity (Wildman–Crippen MR) is 82.3 cm³/mol. The minimum absolute atomic E-state index is 0.0722. The minimum Gasteiger partial charge on any atom is -0.273 e. The van der Waals surface area contributed by atoms with Gasteiger partial charge < -0.3 is 0 Å². The molecule has 0 heterocycles. The van der Waals surface area contributed by atoms with Crippen molar-refractivity contribution < 1.29 is 17.6 Å². The lowest BCUT2D eigenvalue weighted by molar-refractivity contribution is -0.144. The Hall–Kier alpha value is -1.43. The van der Waals surface area contributed by atoms with Gasteiger partial charge in [0.1, 0.15) is 5.82 Å². The molecule has 124 valence electrons. The third-order valence-electron chi connectivity index (χ3n) is 5.87. The fraction of sp³-hybridized carbons (Fsp3) is 0.588. The Kier molecular flexibility index (Phi) is 3.31. The third kappa shape index (κ3) is 2.57. The molecule has 4 bridgehead atoms. The topological polar surface area (TPSA) is 63.2 Å². The van der Waals surface area contributed by atoms with E-state index in [1.165, 1.54) is 31.4 Å². The molecule has 6 heteroatoms. The van der Waals surface area contributed by atoms with Crippen LogP contribution in [0.25, 0.3) is 0 Å². The van der Waals surface area contributed by atoms with E-state index in [0.29, 0.717) is 17.8 Å². The number of hydrogen-bond donors (Lipinski definition) is 1. The molecule has 4 saturated carbocycles. The molecule has 0 unspecified atom stereocenters. The van der Waals surface area contributed by atoms with Gasteiger partial charge in [-0.15, -0.1) is 0 Å². The van der Waals surface area contributed by atoms with E-state index in [0.717, 1.165) is 31.4 Å². The molecule has 1 aromatic carbocycles. The summed E-state index contributed by atoms with van der Waals surface area (Å²) in [5.41, 5.74) is -0.512. The number of sulfonamides is 1. The number of nitrogens with one attached hydrogen (secondary N) is 1. The van der Waals surface area contributed by atoms with Crippen LogP contribution < -0.4 is 4.72 Å². The van der Waals surface area contributed by atoms with Crippen molar-refractivity contribution in [2.75, 3.05) is 0 Å². The van der Waals surface area contributed by atoms with Crippen LogP contribution in [0.15, 0.2) is 29.2 Å². The Morgan fingerprint density at radius 3 is 1.96 bits per heavy atom. The molecule has 1 amide bonds. The number of rotatable bonds is 3. The number of carbonyl (C=O) groups excluding carboxylic acids is 1. The van der Waals surface area contributed by atoms with Crippen LogP contribution in [0.2, 0.25) is 0 Å². The van der Waals surface area contributed by atoms with E-state index in [2.05, 4.69) is 4.72 Å². The molecule has 4 aliphatic carbocycles. The predicted octanol–water partition coefficient (Wildman–Crippen LogP) is 2.85. The van der Waals surface area contributed by atoms with Gasteiger partial charge in [0.05, 0.1) is 10.3 Å². The lowest BCUT2D eigenvalue weighted by Crippen LogP contribution is -2.54. The molecule has 0 atom stereocenters. The average Bonchev–Trinajstić information content (AvgIpc) is 2.45. The summed E-state index contributed by atoms with van der Waals surface area (Å²) in [5.74, 6) is 0.846. The first-order chi connectivity index (χ1) is 10.9. The zero-order chi connectivity index (χ0) is 16.2. The molecule has 4 nitrogen and oxygen atoms in total. The van der Waals surface area contributed by atoms with Crippen molar-refractivity contribution in [3.8, 4) is 0 Å². The molecule has 0 spiro atoms. The molecule has 0 radical (unpaired) electrons. The number of halogens is 1. The zero-order valence-electron chi connectivity index (χ0n) is 12.8. The van der Waals surface area contributed by atoms with Crippen LogP contribution in [-0.2, 0) is 14.8 Å². The lowest BCUT2D eigenvalue weighted by atomic mass is 9.49. The second-order valence-corrected chi connectivity index (χ2v) is 9.27. The van der Waals surface area contributed by atoms with E-state index >= 15 is 0 Å². The molecule has 0 aliphatic heterocycles. The van der Waals surface area contributed by atoms with E-state index in [4.69, 9.17) is 0 Å². The summed E-state index contributed by atoms with van der Waals surface area (Å²) >= 11 is 0. The summed E-state index contributed by atoms with van der Waals surface area (Å²) in [6.07, 6.45) is 6.00. The maximum Gasteiger partial charge on any atom is 0.264 e. The lowest BCUT2D eigenvalue weighted by Gasteiger charge is -2.55. The first-order valence-electron chi connectivity index (χ1n) is 8.19. The van der Waals surface area contributed by atoms with E-state index in [-0.39, 0.29) is 10.8 Å². The quantitative estimate of drug-likeness (QED) is 0.922. The number of hydrogen-bond acceptors (Lipinski definition) is 3. The van der Waals surface area contributed by atoms with E-state index < -0.39 is 21.3 Å². The third-order valence-corrected chi connectivity index (χ3v) is 7.22. The fourth-order valence-electron chi connectivity index (χ4n) is 5.29. The zero-order valence-corrected chi connectivity index (χ0v) is 13.6. The maximum absolute atomic E-state index is 13.0. The van der Waals surface area contributed by atoms with Crippen molar-refractivity contribution in [2.45, 2.75) is 43.4 Å². The normalized spacial score (nSPS) is 35.3. The van der Waals surface area contributed by atoms with Gasteiger partial charge in [-0.1, -0.05) is 0 Å². The van der Waals surface area contributed by atoms with Gasteiger partial charge in [0.25, 0.3) is 10.0 Å². The highest BCUT2D eigenvalue weighted by atomic mass is 32.2. The van der Waals surface area contributed by atoms with E-state index in [9.17, 15) is 17.6 Å². The molecule has 5 rings (SSSR count). The van der Waals surface area contributed by atoms with E-state index in [1.807, 2.05) is 0 Å². The second-order valence-electron chi connectivity index (χ2n) is 7.59. The van der Waals surface area contributed by atoms with Gasteiger partial charge in [-0.3, -0.25) is 4.79 Å². The van der Waals surface area contributed by atoms with Crippen molar-refractivity contribution in [2.24, 2.45) is 23.2 Å². The summed E-state index contributed by atoms with van der Waals surface area (Å²) in [4.78, 5) is 12.7. The second kappa shape index (κ2) is 5.03. The highest BCUT2D eigenvalue weighted by Gasteiger charge is 2.55. The van der Waals surface area contributed by atoms with Crippen molar-refractivity contribution in [1.29, 1.82) is 0 Å². The molecule has 4 aliphatic rings. The van der Waals surface area contributed by atoms with Crippen LogP contribution in [0.5, 0.6) is 0 Å². The van der Waals surface area contributed by atoms with Crippen LogP contribution in [-0.4, -0.2) is 14.3 Å². The summed E-state index contributed by atoms with van der Waals surface area (Å²) < 4.78 is 40.0. The van der Waals surface area contributed by atoms with Crippen LogP contribution in [0.4, 0.5) is 4.39 Å². The Morgan fingerprint density at radius 2 is 1.48 bits per heavy atom. The molecule has 0 aromatic heterocycles. The monoisotopic (exact) mass is 337 g/mol. The van der Waals surface area contributed by atoms with E-state index in [1.54, 1.807) is 0 Å². The standard InChI is InChI=1S/C17H20FNO3S/c18-14-1-3-15(4-2-14)23(21,22)19-16(20)17-8-11-5-12(9-17)7-13(6-11)10-17/h1-4,11-13H,5-10H2,(H,19,20). The molecule has 1 aromatic rings. The first kappa shape index (κ1) is 15.1. The summed E-state index contributed by atoms with van der Waals surface area (Å²) in [5, 5.41) is 0. The smallest absolute Gasteiger partial charge is 0.264 e. The molecular formula is C17H20FNO3S. The molecule has 4 fully saturated rings. The summed E-state index contributed by atoms with van der Waals surface area (Å²) in [7, 11) is -3.94. The maximum atomic E-state index is 13.0. The summed E-state index contributed by atoms with van der Waals surface area (Å²) in [6, 6.07) is 4.54. The van der Waals surface area contributed by atoms with Crippen LogP contribution >= 0.6 is 0 Å². The van der Waals surface area contributed by atoms with Gasteiger partial charge in [-0.25, -0.2) is 17.5 Å². The van der Waals surface area contributed by atoms with Gasteiger partial charge in [0.15, 0.2) is 0 Å². The Bertz CT molecular complexity index is 706. The van der Waals surface area contributed by atoms with Crippen LogP contribution in [0.3, 0.4) is 0 Å². The van der Waals surface area contributed by atoms with Crippen molar-refractivity contribution in [3.05, 3.63) is 30.1 Å². The number of benzene rings is 1. The van der Waals surface area contributed by atoms with Gasteiger partial charge in [-0.2, -0.15) is 0 Å². The number of amides is 1. The van der Waals surface area contributed by atoms with Gasteiger partial charge in [0.2, 0.25) is 5.91 Å². The SMILES string of the molecule is O=C(NS(=O)(=O)c1ccc(F)cc1)C12CC3CC(CC(C3)C1)C2. The minimum atomic E-state index is -3.94. The Balaban J connectivity index is 1.57. The fourth-order valence-corrected chi connectivity index (χ4v) is 6.36. The van der Waals surface area contributed by atoms with Crippen LogP contribution in [0, 0.1) is 29.0 Å². The first-order valence-corrected chi connectivity index (χ1v) is 9.67. The number of carbonyl (C=O) groups is 1. The van der Waals surface area contributed by atoms with Crippen molar-refractivity contribution in [3.63, 3.8) is 0 Å². The Labute approximate surface area is 135 Å². The van der Waals surface area contributed by atoms with Crippen molar-refractivity contribution >= 4 is 15.9 Å². The molecule has 23 heavy (non-hydrogen) atoms.